The summed E-state index contributed by atoms with van der Waals surface area (Å²) < 4.78 is 5.06. The van der Waals surface area contributed by atoms with Gasteiger partial charge >= 0.3 is 0 Å². The lowest BCUT2D eigenvalue weighted by Crippen LogP contribution is -2.38. The molecule has 1 unspecified atom stereocenters. The summed E-state index contributed by atoms with van der Waals surface area (Å²) in [5, 5.41) is 12.7. The van der Waals surface area contributed by atoms with Crippen LogP contribution in [0.15, 0.2) is 24.3 Å². The summed E-state index contributed by atoms with van der Waals surface area (Å²) in [4.78, 5) is 14.3. The molecule has 1 fully saturated rings. The van der Waals surface area contributed by atoms with Crippen LogP contribution in [0.5, 0.6) is 5.75 Å². The Labute approximate surface area is 119 Å². The van der Waals surface area contributed by atoms with Gasteiger partial charge in [0.15, 0.2) is 0 Å². The van der Waals surface area contributed by atoms with Crippen LogP contribution in [0, 0.1) is 0 Å². The molecule has 0 spiro atoms. The number of carbonyl (C=O) groups is 1. The van der Waals surface area contributed by atoms with E-state index in [1.54, 1.807) is 25.3 Å². The number of phenolic OH excluding ortho intramolecular Hbond substituents is 1. The molecule has 0 saturated carbocycles. The molecule has 1 saturated heterocycles. The molecule has 1 aliphatic rings. The summed E-state index contributed by atoms with van der Waals surface area (Å²) in [6.07, 6.45) is 1.19. The summed E-state index contributed by atoms with van der Waals surface area (Å²) in [5.41, 5.74) is 0.666. The Bertz CT molecular complexity index is 450. The fourth-order valence-electron chi connectivity index (χ4n) is 2.49. The number of methoxy groups -OCH3 is 1. The second-order valence-electron chi connectivity index (χ2n) is 5.15. The highest BCUT2D eigenvalue weighted by molar-refractivity contribution is 5.79. The van der Waals surface area contributed by atoms with Crippen LogP contribution in [0.2, 0.25) is 0 Å². The number of likely N-dealkylation sites (tertiary alicyclic amines) is 1. The summed E-state index contributed by atoms with van der Waals surface area (Å²) in [7, 11) is 1.70. The molecule has 5 nitrogen and oxygen atoms in total. The van der Waals surface area contributed by atoms with Gasteiger partial charge in [0.05, 0.1) is 13.0 Å². The minimum absolute atomic E-state index is 0.0370. The molecule has 0 bridgehead atoms. The molecule has 5 heteroatoms. The molecular weight excluding hydrogens is 256 g/mol. The smallest absolute Gasteiger partial charge is 0.224 e. The Morgan fingerprint density at radius 1 is 1.50 bits per heavy atom. The van der Waals surface area contributed by atoms with Gasteiger partial charge in [-0.15, -0.1) is 0 Å². The first-order chi connectivity index (χ1) is 9.69. The number of nitrogens with zero attached hydrogens (tertiary/aromatic N) is 1. The predicted molar refractivity (Wildman–Crippen MR) is 76.7 cm³/mol. The number of amides is 1. The maximum absolute atomic E-state index is 12.0. The number of nitrogens with one attached hydrogen (secondary N) is 1. The minimum Gasteiger partial charge on any atom is -0.508 e. The topological polar surface area (TPSA) is 61.8 Å². The largest absolute Gasteiger partial charge is 0.508 e. The van der Waals surface area contributed by atoms with Crippen molar-refractivity contribution in [1.82, 2.24) is 10.2 Å². The van der Waals surface area contributed by atoms with Crippen molar-refractivity contribution in [1.29, 1.82) is 0 Å². The van der Waals surface area contributed by atoms with Crippen molar-refractivity contribution in [3.8, 4) is 5.75 Å². The van der Waals surface area contributed by atoms with Gasteiger partial charge in [-0.25, -0.2) is 0 Å². The van der Waals surface area contributed by atoms with Gasteiger partial charge in [0, 0.05) is 38.3 Å². The van der Waals surface area contributed by atoms with E-state index in [-0.39, 0.29) is 24.1 Å². The van der Waals surface area contributed by atoms with E-state index in [9.17, 15) is 9.90 Å². The van der Waals surface area contributed by atoms with Crippen LogP contribution < -0.4 is 5.32 Å². The van der Waals surface area contributed by atoms with Gasteiger partial charge in [0.1, 0.15) is 5.75 Å². The molecule has 20 heavy (non-hydrogen) atoms. The molecular formula is C15H22N2O3. The quantitative estimate of drug-likeness (QED) is 0.807. The number of para-hydroxylation sites is 1. The molecule has 0 aromatic heterocycles. The fourth-order valence-corrected chi connectivity index (χ4v) is 2.49. The van der Waals surface area contributed by atoms with E-state index in [0.717, 1.165) is 32.7 Å². The van der Waals surface area contributed by atoms with E-state index in [4.69, 9.17) is 4.74 Å². The van der Waals surface area contributed by atoms with Gasteiger partial charge in [0.2, 0.25) is 5.91 Å². The zero-order chi connectivity index (χ0) is 14.4. The molecule has 2 rings (SSSR count). The summed E-state index contributed by atoms with van der Waals surface area (Å²) >= 11 is 0. The third-order valence-electron chi connectivity index (χ3n) is 3.59. The van der Waals surface area contributed by atoms with Crippen molar-refractivity contribution in [3.05, 3.63) is 29.8 Å². The summed E-state index contributed by atoms with van der Waals surface area (Å²) in [6, 6.07) is 7.15. The van der Waals surface area contributed by atoms with Gasteiger partial charge in [-0.2, -0.15) is 0 Å². The molecule has 0 aliphatic carbocycles. The van der Waals surface area contributed by atoms with Crippen LogP contribution >= 0.6 is 0 Å². The number of benzene rings is 1. The number of carbonyl (C=O) groups excluding carboxylic acids is 1. The standard InChI is InChI=1S/C15H22N2O3/c1-20-9-8-17-7-6-13(11-17)16-15(19)10-12-4-2-3-5-14(12)18/h2-5,13,18H,6-11H2,1H3,(H,16,19). The van der Waals surface area contributed by atoms with E-state index in [1.165, 1.54) is 0 Å². The maximum Gasteiger partial charge on any atom is 0.224 e. The van der Waals surface area contributed by atoms with Gasteiger partial charge in [-0.1, -0.05) is 18.2 Å². The lowest BCUT2D eigenvalue weighted by atomic mass is 10.1. The fraction of sp³-hybridized carbons (Fsp3) is 0.533. The van der Waals surface area contributed by atoms with Crippen molar-refractivity contribution in [2.45, 2.75) is 18.9 Å². The zero-order valence-corrected chi connectivity index (χ0v) is 11.8. The van der Waals surface area contributed by atoms with Crippen LogP contribution in [-0.4, -0.2) is 55.3 Å². The number of ether oxygens (including phenoxy) is 1. The first kappa shape index (κ1) is 14.8. The van der Waals surface area contributed by atoms with Crippen molar-refractivity contribution < 1.29 is 14.6 Å². The van der Waals surface area contributed by atoms with Crippen LogP contribution in [0.1, 0.15) is 12.0 Å². The number of aromatic hydroxyl groups is 1. The van der Waals surface area contributed by atoms with Crippen molar-refractivity contribution in [2.24, 2.45) is 0 Å². The minimum atomic E-state index is -0.0370. The van der Waals surface area contributed by atoms with Crippen LogP contribution in [-0.2, 0) is 16.0 Å². The highest BCUT2D eigenvalue weighted by atomic mass is 16.5. The Morgan fingerprint density at radius 3 is 3.05 bits per heavy atom. The molecule has 1 aromatic carbocycles. The monoisotopic (exact) mass is 278 g/mol. The Hall–Kier alpha value is -1.59. The second kappa shape index (κ2) is 7.26. The number of hydrogen-bond donors (Lipinski definition) is 2. The van der Waals surface area contributed by atoms with Gasteiger partial charge in [-0.3, -0.25) is 9.69 Å². The van der Waals surface area contributed by atoms with E-state index in [1.807, 2.05) is 6.07 Å². The average Bonchev–Trinajstić information content (AvgIpc) is 2.86. The van der Waals surface area contributed by atoms with Gasteiger partial charge in [-0.05, 0) is 12.5 Å². The van der Waals surface area contributed by atoms with E-state index in [2.05, 4.69) is 10.2 Å². The number of hydrogen-bond acceptors (Lipinski definition) is 4. The van der Waals surface area contributed by atoms with E-state index in [0.29, 0.717) is 5.56 Å². The highest BCUT2D eigenvalue weighted by Gasteiger charge is 2.23. The Kier molecular flexibility index (Phi) is 5.38. The van der Waals surface area contributed by atoms with Gasteiger partial charge in [0.25, 0.3) is 0 Å². The first-order valence-corrected chi connectivity index (χ1v) is 6.96. The van der Waals surface area contributed by atoms with Gasteiger partial charge < -0.3 is 15.2 Å². The molecule has 1 atom stereocenters. The van der Waals surface area contributed by atoms with Crippen molar-refractivity contribution >= 4 is 5.91 Å². The molecule has 1 aromatic rings. The SMILES string of the molecule is COCCN1CCC(NC(=O)Cc2ccccc2O)C1. The maximum atomic E-state index is 12.0. The Balaban J connectivity index is 1.77. The molecule has 2 N–H and O–H groups in total. The molecule has 1 aliphatic heterocycles. The average molecular weight is 278 g/mol. The number of rotatable bonds is 6. The lowest BCUT2D eigenvalue weighted by molar-refractivity contribution is -0.121. The predicted octanol–water partition coefficient (Wildman–Crippen LogP) is 0.772. The van der Waals surface area contributed by atoms with Crippen molar-refractivity contribution in [3.63, 3.8) is 0 Å². The third-order valence-corrected chi connectivity index (χ3v) is 3.59. The molecule has 0 radical (unpaired) electrons. The summed E-state index contributed by atoms with van der Waals surface area (Å²) in [6.45, 7) is 3.49. The van der Waals surface area contributed by atoms with Crippen molar-refractivity contribution in [2.75, 3.05) is 33.4 Å². The zero-order valence-electron chi connectivity index (χ0n) is 11.8. The lowest BCUT2D eigenvalue weighted by Gasteiger charge is -2.16. The Morgan fingerprint density at radius 2 is 2.30 bits per heavy atom. The number of phenols is 1. The highest BCUT2D eigenvalue weighted by Crippen LogP contribution is 2.16. The molecule has 1 heterocycles. The van der Waals surface area contributed by atoms with Crippen LogP contribution in [0.3, 0.4) is 0 Å². The second-order valence-corrected chi connectivity index (χ2v) is 5.15. The normalized spacial score (nSPS) is 19.1. The van der Waals surface area contributed by atoms with Crippen LogP contribution in [0.4, 0.5) is 0 Å². The van der Waals surface area contributed by atoms with Crippen LogP contribution in [0.25, 0.3) is 0 Å². The first-order valence-electron chi connectivity index (χ1n) is 6.96. The summed E-state index contributed by atoms with van der Waals surface area (Å²) in [5.74, 6) is 0.140. The van der Waals surface area contributed by atoms with E-state index < -0.39 is 0 Å². The molecule has 1 amide bonds. The van der Waals surface area contributed by atoms with E-state index >= 15 is 0 Å². The third kappa shape index (κ3) is 4.21. The molecule has 110 valence electrons.